The lowest BCUT2D eigenvalue weighted by Gasteiger charge is -2.38. The molecule has 0 spiro atoms. The second-order valence-electron chi connectivity index (χ2n) is 5.24. The zero-order chi connectivity index (χ0) is 12.5. The predicted octanol–water partition coefficient (Wildman–Crippen LogP) is 1.92. The summed E-state index contributed by atoms with van der Waals surface area (Å²) in [6, 6.07) is 0.609. The first-order chi connectivity index (χ1) is 8.31. The number of rotatable bonds is 8. The van der Waals surface area contributed by atoms with Gasteiger partial charge in [0.05, 0.1) is 0 Å². The minimum absolute atomic E-state index is 0.609. The molecule has 0 aliphatic carbocycles. The number of hydrogen-bond acceptors (Lipinski definition) is 3. The van der Waals surface area contributed by atoms with Crippen molar-refractivity contribution >= 4 is 0 Å². The summed E-state index contributed by atoms with van der Waals surface area (Å²) in [5, 5.41) is 0. The van der Waals surface area contributed by atoms with Gasteiger partial charge in [-0.25, -0.2) is 0 Å². The monoisotopic (exact) mass is 241 g/mol. The molecule has 17 heavy (non-hydrogen) atoms. The van der Waals surface area contributed by atoms with E-state index in [1.54, 1.807) is 0 Å². The van der Waals surface area contributed by atoms with Gasteiger partial charge in [0.25, 0.3) is 0 Å². The Balaban J connectivity index is 2.12. The SMILES string of the molecule is CCCCCCN1CCN(C(CC)CN)CC1. The van der Waals surface area contributed by atoms with E-state index in [9.17, 15) is 0 Å². The first-order valence-corrected chi connectivity index (χ1v) is 7.48. The molecule has 0 amide bonds. The van der Waals surface area contributed by atoms with Gasteiger partial charge in [0, 0.05) is 38.8 Å². The Morgan fingerprint density at radius 3 is 2.24 bits per heavy atom. The van der Waals surface area contributed by atoms with Gasteiger partial charge in [-0.05, 0) is 19.4 Å². The molecule has 3 nitrogen and oxygen atoms in total. The molecule has 102 valence electrons. The predicted molar refractivity (Wildman–Crippen MR) is 75.3 cm³/mol. The van der Waals surface area contributed by atoms with Gasteiger partial charge in [-0.2, -0.15) is 0 Å². The maximum Gasteiger partial charge on any atom is 0.0216 e. The molecule has 1 aliphatic rings. The third-order valence-electron chi connectivity index (χ3n) is 3.99. The summed E-state index contributed by atoms with van der Waals surface area (Å²) in [7, 11) is 0. The number of nitrogens with two attached hydrogens (primary N) is 1. The van der Waals surface area contributed by atoms with Crippen LogP contribution in [0.15, 0.2) is 0 Å². The fourth-order valence-electron chi connectivity index (χ4n) is 2.69. The van der Waals surface area contributed by atoms with E-state index in [1.165, 1.54) is 64.8 Å². The highest BCUT2D eigenvalue weighted by atomic mass is 15.3. The summed E-state index contributed by atoms with van der Waals surface area (Å²) in [5.74, 6) is 0. The van der Waals surface area contributed by atoms with Crippen molar-refractivity contribution in [2.75, 3.05) is 39.3 Å². The van der Waals surface area contributed by atoms with Crippen molar-refractivity contribution in [1.82, 2.24) is 9.80 Å². The summed E-state index contributed by atoms with van der Waals surface area (Å²) in [6.07, 6.45) is 6.69. The Hall–Kier alpha value is -0.120. The smallest absolute Gasteiger partial charge is 0.0216 e. The second kappa shape index (κ2) is 8.90. The topological polar surface area (TPSA) is 32.5 Å². The lowest BCUT2D eigenvalue weighted by molar-refractivity contribution is 0.0957. The quantitative estimate of drug-likeness (QED) is 0.659. The van der Waals surface area contributed by atoms with Crippen LogP contribution < -0.4 is 5.73 Å². The van der Waals surface area contributed by atoms with Crippen LogP contribution in [0.25, 0.3) is 0 Å². The van der Waals surface area contributed by atoms with Crippen LogP contribution in [-0.4, -0.2) is 55.1 Å². The van der Waals surface area contributed by atoms with Gasteiger partial charge in [-0.3, -0.25) is 4.90 Å². The Bertz CT molecular complexity index is 172. The van der Waals surface area contributed by atoms with Gasteiger partial charge in [0.15, 0.2) is 0 Å². The highest BCUT2D eigenvalue weighted by Crippen LogP contribution is 2.09. The highest BCUT2D eigenvalue weighted by Gasteiger charge is 2.21. The number of nitrogens with zero attached hydrogens (tertiary/aromatic N) is 2. The Morgan fingerprint density at radius 2 is 1.71 bits per heavy atom. The van der Waals surface area contributed by atoms with Gasteiger partial charge >= 0.3 is 0 Å². The van der Waals surface area contributed by atoms with E-state index in [1.807, 2.05) is 0 Å². The molecular weight excluding hydrogens is 210 g/mol. The number of hydrogen-bond donors (Lipinski definition) is 1. The molecule has 0 saturated carbocycles. The van der Waals surface area contributed by atoms with Gasteiger partial charge in [-0.15, -0.1) is 0 Å². The minimum Gasteiger partial charge on any atom is -0.329 e. The van der Waals surface area contributed by atoms with Crippen LogP contribution in [0, 0.1) is 0 Å². The van der Waals surface area contributed by atoms with Crippen molar-refractivity contribution in [3.05, 3.63) is 0 Å². The van der Waals surface area contributed by atoms with Gasteiger partial charge in [-0.1, -0.05) is 33.1 Å². The molecule has 0 aromatic rings. The molecule has 1 heterocycles. The zero-order valence-corrected chi connectivity index (χ0v) is 11.8. The molecule has 0 aromatic heterocycles. The maximum absolute atomic E-state index is 5.81. The van der Waals surface area contributed by atoms with E-state index in [2.05, 4.69) is 23.6 Å². The Labute approximate surface area is 107 Å². The van der Waals surface area contributed by atoms with E-state index in [4.69, 9.17) is 5.73 Å². The first-order valence-electron chi connectivity index (χ1n) is 7.48. The van der Waals surface area contributed by atoms with Gasteiger partial charge in [0.1, 0.15) is 0 Å². The summed E-state index contributed by atoms with van der Waals surface area (Å²) < 4.78 is 0. The molecule has 0 aromatic carbocycles. The Morgan fingerprint density at radius 1 is 1.00 bits per heavy atom. The van der Waals surface area contributed by atoms with E-state index in [0.717, 1.165) is 6.54 Å². The summed E-state index contributed by atoms with van der Waals surface area (Å²) in [5.41, 5.74) is 5.81. The van der Waals surface area contributed by atoms with E-state index in [0.29, 0.717) is 6.04 Å². The molecule has 1 rings (SSSR count). The molecule has 1 aliphatic heterocycles. The third kappa shape index (κ3) is 5.36. The summed E-state index contributed by atoms with van der Waals surface area (Å²) in [6.45, 7) is 11.5. The van der Waals surface area contributed by atoms with E-state index in [-0.39, 0.29) is 0 Å². The van der Waals surface area contributed by atoms with Gasteiger partial charge < -0.3 is 10.6 Å². The van der Waals surface area contributed by atoms with Gasteiger partial charge in [0.2, 0.25) is 0 Å². The molecule has 1 saturated heterocycles. The van der Waals surface area contributed by atoms with Crippen molar-refractivity contribution in [2.24, 2.45) is 5.73 Å². The average Bonchev–Trinajstić information content (AvgIpc) is 2.38. The van der Waals surface area contributed by atoms with Crippen LogP contribution in [0.3, 0.4) is 0 Å². The number of piperazine rings is 1. The highest BCUT2D eigenvalue weighted by molar-refractivity contribution is 4.78. The van der Waals surface area contributed by atoms with E-state index >= 15 is 0 Å². The van der Waals surface area contributed by atoms with Crippen LogP contribution in [0.2, 0.25) is 0 Å². The van der Waals surface area contributed by atoms with Crippen LogP contribution in [0.5, 0.6) is 0 Å². The summed E-state index contributed by atoms with van der Waals surface area (Å²) in [4.78, 5) is 5.19. The fourth-order valence-corrected chi connectivity index (χ4v) is 2.69. The van der Waals surface area contributed by atoms with Crippen LogP contribution >= 0.6 is 0 Å². The molecule has 1 atom stereocenters. The molecule has 1 fully saturated rings. The van der Waals surface area contributed by atoms with Crippen LogP contribution in [0.4, 0.5) is 0 Å². The Kier molecular flexibility index (Phi) is 7.82. The molecule has 0 bridgehead atoms. The lowest BCUT2D eigenvalue weighted by Crippen LogP contribution is -2.52. The van der Waals surface area contributed by atoms with Crippen molar-refractivity contribution in [3.63, 3.8) is 0 Å². The minimum atomic E-state index is 0.609. The van der Waals surface area contributed by atoms with Crippen molar-refractivity contribution < 1.29 is 0 Å². The standard InChI is InChI=1S/C14H31N3/c1-3-5-6-7-8-16-9-11-17(12-10-16)14(4-2)13-15/h14H,3-13,15H2,1-2H3. The normalized spacial score (nSPS) is 20.6. The molecule has 2 N–H and O–H groups in total. The van der Waals surface area contributed by atoms with E-state index < -0.39 is 0 Å². The second-order valence-corrected chi connectivity index (χ2v) is 5.24. The summed E-state index contributed by atoms with van der Waals surface area (Å²) >= 11 is 0. The molecular formula is C14H31N3. The fraction of sp³-hybridized carbons (Fsp3) is 1.00. The van der Waals surface area contributed by atoms with Crippen molar-refractivity contribution in [2.45, 2.75) is 52.0 Å². The van der Waals surface area contributed by atoms with Crippen molar-refractivity contribution in [1.29, 1.82) is 0 Å². The number of unbranched alkanes of at least 4 members (excludes halogenated alkanes) is 3. The van der Waals surface area contributed by atoms with Crippen LogP contribution in [0.1, 0.15) is 46.0 Å². The first kappa shape index (κ1) is 14.9. The largest absolute Gasteiger partial charge is 0.329 e. The molecule has 0 radical (unpaired) electrons. The maximum atomic E-state index is 5.81. The molecule has 3 heteroatoms. The third-order valence-corrected chi connectivity index (χ3v) is 3.99. The van der Waals surface area contributed by atoms with Crippen molar-refractivity contribution in [3.8, 4) is 0 Å². The zero-order valence-electron chi connectivity index (χ0n) is 11.8. The van der Waals surface area contributed by atoms with Crippen LogP contribution in [-0.2, 0) is 0 Å². The average molecular weight is 241 g/mol. The lowest BCUT2D eigenvalue weighted by atomic mass is 10.1. The molecule has 1 unspecified atom stereocenters.